The number of anilines is 1. The van der Waals surface area contributed by atoms with Crippen LogP contribution in [0.5, 0.6) is 5.75 Å². The third-order valence-corrected chi connectivity index (χ3v) is 5.58. The summed E-state index contributed by atoms with van der Waals surface area (Å²) in [5.74, 6) is -1.09. The fourth-order valence-corrected chi connectivity index (χ4v) is 3.78. The van der Waals surface area contributed by atoms with E-state index in [2.05, 4.69) is 5.32 Å². The number of carbonyl (C=O) groups is 1. The van der Waals surface area contributed by atoms with Crippen LogP contribution in [0.15, 0.2) is 39.8 Å². The van der Waals surface area contributed by atoms with Crippen molar-refractivity contribution in [2.45, 2.75) is 5.09 Å². The van der Waals surface area contributed by atoms with Crippen molar-refractivity contribution in [1.29, 1.82) is 0 Å². The maximum atomic E-state index is 12.5. The lowest BCUT2D eigenvalue weighted by molar-refractivity contribution is 0.0723. The molecule has 0 bridgehead atoms. The van der Waals surface area contributed by atoms with E-state index in [-0.39, 0.29) is 35.4 Å². The van der Waals surface area contributed by atoms with Gasteiger partial charge < -0.3 is 19.6 Å². The van der Waals surface area contributed by atoms with Crippen LogP contribution in [0, 0.1) is 0 Å². The van der Waals surface area contributed by atoms with Gasteiger partial charge in [-0.25, -0.2) is 8.42 Å². The first-order valence-corrected chi connectivity index (χ1v) is 9.17. The predicted octanol–water partition coefficient (Wildman–Crippen LogP) is 1.91. The Morgan fingerprint density at radius 3 is 2.64 bits per heavy atom. The zero-order valence-corrected chi connectivity index (χ0v) is 14.5. The molecule has 2 aromatic rings. The van der Waals surface area contributed by atoms with Crippen molar-refractivity contribution in [3.8, 4) is 5.75 Å². The number of phenols is 1. The van der Waals surface area contributed by atoms with Crippen LogP contribution in [0.3, 0.4) is 0 Å². The van der Waals surface area contributed by atoms with E-state index >= 15 is 0 Å². The van der Waals surface area contributed by atoms with Gasteiger partial charge in [-0.1, -0.05) is 11.6 Å². The van der Waals surface area contributed by atoms with Crippen molar-refractivity contribution in [1.82, 2.24) is 4.31 Å². The first-order chi connectivity index (χ1) is 11.9. The Morgan fingerprint density at radius 1 is 1.20 bits per heavy atom. The highest BCUT2D eigenvalue weighted by Gasteiger charge is 2.30. The molecule has 1 amide bonds. The van der Waals surface area contributed by atoms with Gasteiger partial charge >= 0.3 is 0 Å². The normalized spacial score (nSPS) is 15.9. The highest BCUT2D eigenvalue weighted by atomic mass is 35.5. The molecular formula is C15H15ClN2O6S. The largest absolute Gasteiger partial charge is 0.506 e. The third kappa shape index (κ3) is 3.79. The summed E-state index contributed by atoms with van der Waals surface area (Å²) in [4.78, 5) is 12.2. The number of sulfonamides is 1. The molecule has 1 saturated heterocycles. The lowest BCUT2D eigenvalue weighted by Gasteiger charge is -2.24. The fraction of sp³-hybridized carbons (Fsp3) is 0.267. The fourth-order valence-electron chi connectivity index (χ4n) is 2.29. The van der Waals surface area contributed by atoms with Crippen molar-refractivity contribution < 1.29 is 27.5 Å². The van der Waals surface area contributed by atoms with Gasteiger partial charge in [0.2, 0.25) is 5.09 Å². The number of furan rings is 1. The van der Waals surface area contributed by atoms with Gasteiger partial charge in [0.1, 0.15) is 5.75 Å². The molecule has 0 spiro atoms. The zero-order chi connectivity index (χ0) is 18.0. The number of ether oxygens (including phenoxy) is 1. The second-order valence-corrected chi connectivity index (χ2v) is 7.56. The number of aromatic hydroxyl groups is 1. The minimum Gasteiger partial charge on any atom is -0.506 e. The maximum absolute atomic E-state index is 12.5. The summed E-state index contributed by atoms with van der Waals surface area (Å²) < 4.78 is 36.5. The number of amides is 1. The van der Waals surface area contributed by atoms with Crippen LogP contribution in [0.2, 0.25) is 5.02 Å². The van der Waals surface area contributed by atoms with Gasteiger partial charge in [0.25, 0.3) is 15.9 Å². The minimum absolute atomic E-state index is 0.0893. The number of carbonyl (C=O) groups excluding carboxylic acids is 1. The van der Waals surface area contributed by atoms with Gasteiger partial charge in [-0.2, -0.15) is 4.31 Å². The molecule has 1 aliphatic heterocycles. The topological polar surface area (TPSA) is 109 Å². The average Bonchev–Trinajstić information content (AvgIpc) is 3.10. The molecule has 10 heteroatoms. The van der Waals surface area contributed by atoms with Crippen molar-refractivity contribution in [2.75, 3.05) is 31.6 Å². The first kappa shape index (κ1) is 17.7. The predicted molar refractivity (Wildman–Crippen MR) is 89.4 cm³/mol. The van der Waals surface area contributed by atoms with Crippen molar-refractivity contribution in [2.24, 2.45) is 0 Å². The van der Waals surface area contributed by atoms with E-state index in [1.807, 2.05) is 0 Å². The maximum Gasteiger partial charge on any atom is 0.291 e. The number of hydrogen-bond donors (Lipinski definition) is 2. The molecule has 0 aliphatic carbocycles. The summed E-state index contributed by atoms with van der Waals surface area (Å²) in [7, 11) is -3.83. The van der Waals surface area contributed by atoms with Crippen molar-refractivity contribution in [3.05, 3.63) is 41.1 Å². The quantitative estimate of drug-likeness (QED) is 0.777. The molecule has 1 aromatic carbocycles. The summed E-state index contributed by atoms with van der Waals surface area (Å²) in [6, 6.07) is 6.63. The Morgan fingerprint density at radius 2 is 1.92 bits per heavy atom. The Hall–Kier alpha value is -2.07. The van der Waals surface area contributed by atoms with Crippen LogP contribution in [0.4, 0.5) is 5.69 Å². The van der Waals surface area contributed by atoms with Gasteiger partial charge in [0.15, 0.2) is 5.76 Å². The number of benzene rings is 1. The van der Waals surface area contributed by atoms with E-state index in [1.165, 1.54) is 34.6 Å². The second-order valence-electron chi connectivity index (χ2n) is 5.25. The standard InChI is InChI=1S/C15H15ClN2O6S/c16-10-1-2-12(19)11(9-10)17-15(20)13-3-4-14(24-13)25(21,22)18-5-7-23-8-6-18/h1-4,9,19H,5-8H2,(H,17,20). The first-order valence-electron chi connectivity index (χ1n) is 7.35. The van der Waals surface area contributed by atoms with E-state index in [1.54, 1.807) is 0 Å². The van der Waals surface area contributed by atoms with Crippen molar-refractivity contribution in [3.63, 3.8) is 0 Å². The second kappa shape index (κ2) is 7.04. The van der Waals surface area contributed by atoms with Crippen LogP contribution in [-0.2, 0) is 14.8 Å². The number of morpholine rings is 1. The minimum atomic E-state index is -3.83. The van der Waals surface area contributed by atoms with Crippen LogP contribution in [0.25, 0.3) is 0 Å². The molecule has 3 rings (SSSR count). The van der Waals surface area contributed by atoms with Crippen LogP contribution in [-0.4, -0.2) is 50.0 Å². The molecule has 1 aromatic heterocycles. The molecule has 8 nitrogen and oxygen atoms in total. The van der Waals surface area contributed by atoms with Crippen LogP contribution in [0.1, 0.15) is 10.6 Å². The molecule has 0 radical (unpaired) electrons. The summed E-state index contributed by atoms with van der Waals surface area (Å²) >= 11 is 5.82. The molecule has 134 valence electrons. The van der Waals surface area contributed by atoms with E-state index < -0.39 is 15.9 Å². The number of halogens is 1. The summed E-state index contributed by atoms with van der Waals surface area (Å²) in [6.45, 7) is 1.06. The van der Waals surface area contributed by atoms with E-state index in [9.17, 15) is 18.3 Å². The number of hydrogen-bond acceptors (Lipinski definition) is 6. The molecule has 0 atom stereocenters. The molecule has 25 heavy (non-hydrogen) atoms. The third-order valence-electron chi connectivity index (χ3n) is 3.58. The SMILES string of the molecule is O=C(Nc1cc(Cl)ccc1O)c1ccc(S(=O)(=O)N2CCOCC2)o1. The Kier molecular flexibility index (Phi) is 5.00. The van der Waals surface area contributed by atoms with Gasteiger partial charge in [0, 0.05) is 18.1 Å². The Labute approximate surface area is 149 Å². The smallest absolute Gasteiger partial charge is 0.291 e. The van der Waals surface area contributed by atoms with Crippen LogP contribution < -0.4 is 5.32 Å². The zero-order valence-electron chi connectivity index (χ0n) is 12.9. The number of phenolic OH excluding ortho intramolecular Hbond substituents is 1. The monoisotopic (exact) mass is 386 g/mol. The van der Waals surface area contributed by atoms with E-state index in [0.717, 1.165) is 0 Å². The molecular weight excluding hydrogens is 372 g/mol. The van der Waals surface area contributed by atoms with E-state index in [4.69, 9.17) is 20.8 Å². The number of rotatable bonds is 4. The highest BCUT2D eigenvalue weighted by molar-refractivity contribution is 7.89. The average molecular weight is 387 g/mol. The lowest BCUT2D eigenvalue weighted by atomic mass is 10.3. The summed E-state index contributed by atoms with van der Waals surface area (Å²) in [6.07, 6.45) is 0. The van der Waals surface area contributed by atoms with Gasteiger partial charge in [0.05, 0.1) is 18.9 Å². The molecule has 0 unspecified atom stereocenters. The molecule has 1 aliphatic rings. The number of nitrogens with zero attached hydrogens (tertiary/aromatic N) is 1. The molecule has 1 fully saturated rings. The van der Waals surface area contributed by atoms with Gasteiger partial charge in [-0.05, 0) is 30.3 Å². The van der Waals surface area contributed by atoms with Gasteiger partial charge in [-0.15, -0.1) is 0 Å². The molecule has 2 N–H and O–H groups in total. The van der Waals surface area contributed by atoms with Gasteiger partial charge in [-0.3, -0.25) is 4.79 Å². The number of nitrogens with one attached hydrogen (secondary N) is 1. The Bertz CT molecular complexity index is 889. The molecule has 2 heterocycles. The lowest BCUT2D eigenvalue weighted by Crippen LogP contribution is -2.40. The molecule has 0 saturated carbocycles. The van der Waals surface area contributed by atoms with Crippen LogP contribution >= 0.6 is 11.6 Å². The summed E-state index contributed by atoms with van der Waals surface area (Å²) in [5, 5.41) is 12.1. The highest BCUT2D eigenvalue weighted by Crippen LogP contribution is 2.27. The van der Waals surface area contributed by atoms with Crippen molar-refractivity contribution >= 4 is 33.2 Å². The van der Waals surface area contributed by atoms with E-state index in [0.29, 0.717) is 18.2 Å². The summed E-state index contributed by atoms with van der Waals surface area (Å²) in [5.41, 5.74) is 0.0893. The Balaban J connectivity index is 1.78.